The number of nitrogens with zero attached hydrogens (tertiary/aromatic N) is 1. The summed E-state index contributed by atoms with van der Waals surface area (Å²) in [6.07, 6.45) is 0.813. The molecule has 1 amide bonds. The van der Waals surface area contributed by atoms with Gasteiger partial charge in [0.05, 0.1) is 25.9 Å². The molecular formula is C18H27FN2O5. The molecule has 0 radical (unpaired) electrons. The molecule has 0 saturated carbocycles. The number of nitrogens with one attached hydrogen (secondary N) is 1. The number of amides is 1. The Kier molecular flexibility index (Phi) is 6.57. The van der Waals surface area contributed by atoms with E-state index in [1.165, 1.54) is 30.2 Å². The van der Waals surface area contributed by atoms with Crippen molar-refractivity contribution in [2.45, 2.75) is 37.5 Å². The van der Waals surface area contributed by atoms with E-state index in [0.29, 0.717) is 24.3 Å². The van der Waals surface area contributed by atoms with Crippen LogP contribution in [0.1, 0.15) is 25.3 Å². The molecule has 0 bridgehead atoms. The molecule has 146 valence electrons. The summed E-state index contributed by atoms with van der Waals surface area (Å²) in [7, 11) is 1.48. The number of β-amino-alcohol motifs (C(OH)–C–C–N with tert-alkyl or cyclic N) is 1. The molecule has 1 aliphatic heterocycles. The minimum atomic E-state index is -1.67. The molecule has 4 N–H and O–H groups in total. The first-order valence-corrected chi connectivity index (χ1v) is 8.58. The molecule has 1 fully saturated rings. The number of piperidine rings is 1. The third kappa shape index (κ3) is 4.50. The number of carbonyl (C=O) groups excluding carboxylic acids is 1. The van der Waals surface area contributed by atoms with Crippen molar-refractivity contribution >= 4 is 5.91 Å². The first-order chi connectivity index (χ1) is 12.3. The minimum absolute atomic E-state index is 0.0292. The van der Waals surface area contributed by atoms with E-state index in [-0.39, 0.29) is 32.7 Å². The zero-order valence-corrected chi connectivity index (χ0v) is 15.2. The number of aliphatic hydroxyl groups is 3. The van der Waals surface area contributed by atoms with E-state index in [9.17, 15) is 24.5 Å². The van der Waals surface area contributed by atoms with Crippen LogP contribution in [0.25, 0.3) is 0 Å². The van der Waals surface area contributed by atoms with Crippen molar-refractivity contribution in [1.82, 2.24) is 10.2 Å². The van der Waals surface area contributed by atoms with Crippen LogP contribution in [-0.4, -0.2) is 70.7 Å². The summed E-state index contributed by atoms with van der Waals surface area (Å²) in [5.41, 5.74) is -2.36. The smallest absolute Gasteiger partial charge is 0.256 e. The largest absolute Gasteiger partial charge is 0.497 e. The monoisotopic (exact) mass is 370 g/mol. The van der Waals surface area contributed by atoms with Gasteiger partial charge < -0.3 is 30.3 Å². The van der Waals surface area contributed by atoms with Crippen LogP contribution in [0.4, 0.5) is 4.39 Å². The molecule has 1 heterocycles. The van der Waals surface area contributed by atoms with Crippen LogP contribution in [0, 0.1) is 5.82 Å². The maximum Gasteiger partial charge on any atom is 0.256 e. The summed E-state index contributed by atoms with van der Waals surface area (Å²) in [6, 6.07) is 4.31. The van der Waals surface area contributed by atoms with Gasteiger partial charge in [0.15, 0.2) is 5.60 Å². The van der Waals surface area contributed by atoms with Gasteiger partial charge in [-0.15, -0.1) is 0 Å². The highest BCUT2D eigenvalue weighted by Crippen LogP contribution is 2.26. The van der Waals surface area contributed by atoms with Gasteiger partial charge in [0, 0.05) is 25.2 Å². The maximum atomic E-state index is 14.1. The maximum absolute atomic E-state index is 14.1. The van der Waals surface area contributed by atoms with E-state index in [1.54, 1.807) is 6.92 Å². The Hall–Kier alpha value is -1.74. The van der Waals surface area contributed by atoms with Crippen molar-refractivity contribution in [3.8, 4) is 5.75 Å². The SMILES string of the molecule is COc1ccc(F)c(CN2CCCC(O)(CNC(C)(CO)CO)C2=O)c1. The molecule has 1 aromatic rings. The number of methoxy groups -OCH3 is 1. The first kappa shape index (κ1) is 20.6. The highest BCUT2D eigenvalue weighted by Gasteiger charge is 2.43. The molecule has 7 nitrogen and oxygen atoms in total. The molecule has 1 saturated heterocycles. The Morgan fingerprint density at radius 1 is 1.38 bits per heavy atom. The zero-order chi connectivity index (χ0) is 19.4. The number of likely N-dealkylation sites (tertiary alicyclic amines) is 1. The van der Waals surface area contributed by atoms with Crippen LogP contribution in [0.5, 0.6) is 5.75 Å². The van der Waals surface area contributed by atoms with Gasteiger partial charge >= 0.3 is 0 Å². The van der Waals surface area contributed by atoms with Gasteiger partial charge in [-0.3, -0.25) is 4.79 Å². The second kappa shape index (κ2) is 8.30. The molecule has 8 heteroatoms. The van der Waals surface area contributed by atoms with Crippen molar-refractivity contribution in [2.24, 2.45) is 0 Å². The Bertz CT molecular complexity index is 638. The van der Waals surface area contributed by atoms with Gasteiger partial charge in [0.1, 0.15) is 11.6 Å². The third-order valence-electron chi connectivity index (χ3n) is 4.82. The van der Waals surface area contributed by atoms with Crippen molar-refractivity contribution in [3.05, 3.63) is 29.6 Å². The zero-order valence-electron chi connectivity index (χ0n) is 15.2. The van der Waals surface area contributed by atoms with E-state index in [0.717, 1.165) is 0 Å². The predicted molar refractivity (Wildman–Crippen MR) is 93.1 cm³/mol. The number of hydrogen-bond donors (Lipinski definition) is 4. The molecule has 0 aliphatic carbocycles. The van der Waals surface area contributed by atoms with Crippen LogP contribution < -0.4 is 10.1 Å². The highest BCUT2D eigenvalue weighted by atomic mass is 19.1. The fourth-order valence-electron chi connectivity index (χ4n) is 2.91. The van der Waals surface area contributed by atoms with Crippen LogP contribution in [-0.2, 0) is 11.3 Å². The van der Waals surface area contributed by atoms with Crippen LogP contribution in [0.15, 0.2) is 18.2 Å². The molecule has 1 atom stereocenters. The van der Waals surface area contributed by atoms with Crippen molar-refractivity contribution < 1.29 is 29.2 Å². The lowest BCUT2D eigenvalue weighted by Gasteiger charge is -2.40. The molecule has 1 unspecified atom stereocenters. The number of carbonyl (C=O) groups is 1. The lowest BCUT2D eigenvalue weighted by Crippen LogP contribution is -2.62. The average molecular weight is 370 g/mol. The lowest BCUT2D eigenvalue weighted by atomic mass is 9.90. The standard InChI is InChI=1S/C18H27FN2O5/c1-17(11-22,12-23)20-10-18(25)6-3-7-21(16(18)24)9-13-8-14(26-2)4-5-15(13)19/h4-5,8,20,22-23,25H,3,6-7,9-12H2,1-2H3. The van der Waals surface area contributed by atoms with Crippen LogP contribution in [0.3, 0.4) is 0 Å². The topological polar surface area (TPSA) is 102 Å². The Morgan fingerprint density at radius 2 is 2.08 bits per heavy atom. The third-order valence-corrected chi connectivity index (χ3v) is 4.82. The van der Waals surface area contributed by atoms with E-state index in [1.807, 2.05) is 0 Å². The van der Waals surface area contributed by atoms with Crippen molar-refractivity contribution in [3.63, 3.8) is 0 Å². The van der Waals surface area contributed by atoms with E-state index in [4.69, 9.17) is 4.74 Å². The summed E-state index contributed by atoms with van der Waals surface area (Å²) in [6.45, 7) is 1.24. The highest BCUT2D eigenvalue weighted by molar-refractivity contribution is 5.86. The molecule has 2 rings (SSSR count). The van der Waals surface area contributed by atoms with E-state index >= 15 is 0 Å². The summed E-state index contributed by atoms with van der Waals surface area (Å²) in [5, 5.41) is 32.3. The number of halogens is 1. The Morgan fingerprint density at radius 3 is 2.69 bits per heavy atom. The van der Waals surface area contributed by atoms with Gasteiger partial charge in [-0.25, -0.2) is 4.39 Å². The van der Waals surface area contributed by atoms with E-state index < -0.39 is 22.9 Å². The summed E-state index contributed by atoms with van der Waals surface area (Å²) in [5.74, 6) is -0.458. The lowest BCUT2D eigenvalue weighted by molar-refractivity contribution is -0.158. The molecule has 1 aliphatic rings. The second-order valence-electron chi connectivity index (χ2n) is 7.05. The Balaban J connectivity index is 2.11. The van der Waals surface area contributed by atoms with Crippen molar-refractivity contribution in [2.75, 3.05) is 33.4 Å². The van der Waals surface area contributed by atoms with Gasteiger partial charge in [0.25, 0.3) is 5.91 Å². The fraction of sp³-hybridized carbons (Fsp3) is 0.611. The molecule has 1 aromatic carbocycles. The van der Waals surface area contributed by atoms with E-state index in [2.05, 4.69) is 5.32 Å². The summed E-state index contributed by atoms with van der Waals surface area (Å²) < 4.78 is 19.1. The first-order valence-electron chi connectivity index (χ1n) is 8.58. The van der Waals surface area contributed by atoms with Gasteiger partial charge in [-0.2, -0.15) is 0 Å². The molecular weight excluding hydrogens is 343 g/mol. The number of ether oxygens (including phenoxy) is 1. The van der Waals surface area contributed by atoms with Gasteiger partial charge in [0.2, 0.25) is 0 Å². The summed E-state index contributed by atoms with van der Waals surface area (Å²) in [4.78, 5) is 14.2. The minimum Gasteiger partial charge on any atom is -0.497 e. The van der Waals surface area contributed by atoms with Crippen LogP contribution >= 0.6 is 0 Å². The van der Waals surface area contributed by atoms with Gasteiger partial charge in [-0.05, 0) is 38.0 Å². The molecule has 0 aromatic heterocycles. The molecule has 0 spiro atoms. The average Bonchev–Trinajstić information content (AvgIpc) is 2.65. The van der Waals surface area contributed by atoms with Gasteiger partial charge in [-0.1, -0.05) is 0 Å². The fourth-order valence-corrected chi connectivity index (χ4v) is 2.91. The molecule has 26 heavy (non-hydrogen) atoms. The quantitative estimate of drug-likeness (QED) is 0.515. The summed E-state index contributed by atoms with van der Waals surface area (Å²) >= 11 is 0. The Labute approximate surface area is 152 Å². The predicted octanol–water partition coefficient (Wildman–Crippen LogP) is 0.0207. The second-order valence-corrected chi connectivity index (χ2v) is 7.05. The number of benzene rings is 1. The number of hydrogen-bond acceptors (Lipinski definition) is 6. The number of aliphatic hydroxyl groups excluding tert-OH is 2. The normalized spacial score (nSPS) is 21.2. The van der Waals surface area contributed by atoms with Crippen LogP contribution in [0.2, 0.25) is 0 Å². The number of rotatable bonds is 8. The van der Waals surface area contributed by atoms with Crippen molar-refractivity contribution in [1.29, 1.82) is 0 Å².